The van der Waals surface area contributed by atoms with Gasteiger partial charge in [0.1, 0.15) is 18.3 Å². The zero-order valence-electron chi connectivity index (χ0n) is 22.5. The maximum absolute atomic E-state index is 13.9. The summed E-state index contributed by atoms with van der Waals surface area (Å²) >= 11 is 6.33. The molecule has 0 spiro atoms. The summed E-state index contributed by atoms with van der Waals surface area (Å²) in [6.45, 7) is 5.62. The predicted octanol–water partition coefficient (Wildman–Crippen LogP) is 4.73. The van der Waals surface area contributed by atoms with E-state index < -0.39 is 28.5 Å². The number of methoxy groups -OCH3 is 1. The lowest BCUT2D eigenvalue weighted by atomic mass is 10.1. The molecule has 2 amide bonds. The second-order valence-electron chi connectivity index (χ2n) is 9.47. The molecule has 0 aliphatic rings. The van der Waals surface area contributed by atoms with Crippen LogP contribution in [-0.4, -0.2) is 51.4 Å². The summed E-state index contributed by atoms with van der Waals surface area (Å²) in [5.41, 5.74) is 0.994. The first kappa shape index (κ1) is 30.0. The molecule has 0 aromatic heterocycles. The Balaban J connectivity index is 2.02. The quantitative estimate of drug-likeness (QED) is 0.339. The molecule has 0 heterocycles. The number of hydrogen-bond donors (Lipinski definition) is 1. The van der Waals surface area contributed by atoms with Crippen LogP contribution in [0.3, 0.4) is 0 Å². The molecular weight excluding hydrogens is 538 g/mol. The third-order valence-corrected chi connectivity index (χ3v) is 8.16. The molecule has 10 heteroatoms. The smallest absolute Gasteiger partial charge is 0.264 e. The van der Waals surface area contributed by atoms with Crippen molar-refractivity contribution in [3.8, 4) is 5.75 Å². The van der Waals surface area contributed by atoms with Crippen LogP contribution >= 0.6 is 11.6 Å². The molecule has 208 valence electrons. The van der Waals surface area contributed by atoms with Crippen LogP contribution in [0.2, 0.25) is 5.02 Å². The lowest BCUT2D eigenvalue weighted by molar-refractivity contribution is -0.139. The van der Waals surface area contributed by atoms with Crippen LogP contribution in [0.5, 0.6) is 5.75 Å². The van der Waals surface area contributed by atoms with Crippen molar-refractivity contribution >= 4 is 39.1 Å². The van der Waals surface area contributed by atoms with Crippen molar-refractivity contribution in [2.45, 2.75) is 38.3 Å². The van der Waals surface area contributed by atoms with Crippen LogP contribution in [0.25, 0.3) is 0 Å². The van der Waals surface area contributed by atoms with Crippen LogP contribution in [-0.2, 0) is 26.2 Å². The topological polar surface area (TPSA) is 96.0 Å². The number of carbonyl (C=O) groups excluding carboxylic acids is 2. The fourth-order valence-corrected chi connectivity index (χ4v) is 5.55. The lowest BCUT2D eigenvalue weighted by Gasteiger charge is -2.32. The number of hydrogen-bond acceptors (Lipinski definition) is 5. The van der Waals surface area contributed by atoms with Gasteiger partial charge in [-0.1, -0.05) is 74.0 Å². The van der Waals surface area contributed by atoms with Crippen LogP contribution in [0.4, 0.5) is 5.69 Å². The van der Waals surface area contributed by atoms with Gasteiger partial charge in [-0.2, -0.15) is 0 Å². The highest BCUT2D eigenvalue weighted by molar-refractivity contribution is 7.92. The van der Waals surface area contributed by atoms with Gasteiger partial charge in [0.2, 0.25) is 11.8 Å². The SMILES string of the molecule is COc1ccc(N(CC(=O)N(Cc2ccccc2)[C@H](C)C(=O)NCC(C)C)S(=O)(=O)c2ccccc2)cc1Cl. The van der Waals surface area contributed by atoms with Crippen LogP contribution < -0.4 is 14.4 Å². The predicted molar refractivity (Wildman–Crippen MR) is 153 cm³/mol. The molecule has 3 aromatic rings. The maximum atomic E-state index is 13.9. The minimum absolute atomic E-state index is 0.0158. The number of sulfonamides is 1. The molecule has 0 aliphatic heterocycles. The molecule has 0 saturated carbocycles. The number of ether oxygens (including phenoxy) is 1. The number of nitrogens with zero attached hydrogens (tertiary/aromatic N) is 2. The van der Waals surface area contributed by atoms with Crippen molar-refractivity contribution in [1.82, 2.24) is 10.2 Å². The molecule has 0 aliphatic carbocycles. The largest absolute Gasteiger partial charge is 0.495 e. The van der Waals surface area contributed by atoms with Gasteiger partial charge in [0.05, 0.1) is 22.7 Å². The molecule has 39 heavy (non-hydrogen) atoms. The third kappa shape index (κ3) is 7.74. The van der Waals surface area contributed by atoms with Gasteiger partial charge in [0, 0.05) is 13.1 Å². The summed E-state index contributed by atoms with van der Waals surface area (Å²) in [4.78, 5) is 28.3. The van der Waals surface area contributed by atoms with Crippen LogP contribution in [0, 0.1) is 5.92 Å². The zero-order chi connectivity index (χ0) is 28.6. The summed E-state index contributed by atoms with van der Waals surface area (Å²) in [7, 11) is -2.72. The molecule has 0 bridgehead atoms. The van der Waals surface area contributed by atoms with E-state index in [0.717, 1.165) is 9.87 Å². The van der Waals surface area contributed by atoms with E-state index in [2.05, 4.69) is 5.32 Å². The number of nitrogens with one attached hydrogen (secondary N) is 1. The number of amides is 2. The van der Waals surface area contributed by atoms with E-state index in [0.29, 0.717) is 12.3 Å². The van der Waals surface area contributed by atoms with E-state index in [4.69, 9.17) is 16.3 Å². The Bertz CT molecular complexity index is 1370. The van der Waals surface area contributed by atoms with Crippen molar-refractivity contribution in [2.24, 2.45) is 5.92 Å². The molecule has 3 aromatic carbocycles. The number of carbonyl (C=O) groups is 2. The van der Waals surface area contributed by atoms with Gasteiger partial charge in [-0.15, -0.1) is 0 Å². The fraction of sp³-hybridized carbons (Fsp3) is 0.310. The molecule has 1 N–H and O–H groups in total. The van der Waals surface area contributed by atoms with Gasteiger partial charge in [-0.25, -0.2) is 8.42 Å². The molecule has 3 rings (SSSR count). The summed E-state index contributed by atoms with van der Waals surface area (Å²) in [5, 5.41) is 3.06. The Morgan fingerprint density at radius 2 is 1.56 bits per heavy atom. The Morgan fingerprint density at radius 3 is 2.13 bits per heavy atom. The first-order chi connectivity index (χ1) is 18.5. The number of benzene rings is 3. The minimum atomic E-state index is -4.17. The summed E-state index contributed by atoms with van der Waals surface area (Å²) in [6, 6.07) is 20.7. The second kappa shape index (κ2) is 13.5. The number of anilines is 1. The molecular formula is C29H34ClN3O5S. The standard InChI is InChI=1S/C29H34ClN3O5S/c1-21(2)18-31-29(35)22(3)32(19-23-11-7-5-8-12-23)28(34)20-33(24-15-16-27(38-4)26(30)17-24)39(36,37)25-13-9-6-10-14-25/h5-17,21-22H,18-20H2,1-4H3,(H,31,35)/t22-/m1/s1. The summed E-state index contributed by atoms with van der Waals surface area (Å²) in [6.07, 6.45) is 0. The molecule has 0 fully saturated rings. The number of halogens is 1. The van der Waals surface area contributed by atoms with Gasteiger partial charge in [0.15, 0.2) is 0 Å². The molecule has 0 unspecified atom stereocenters. The van der Waals surface area contributed by atoms with E-state index in [1.165, 1.54) is 36.3 Å². The Morgan fingerprint density at radius 1 is 0.949 bits per heavy atom. The minimum Gasteiger partial charge on any atom is -0.495 e. The second-order valence-corrected chi connectivity index (χ2v) is 11.7. The average Bonchev–Trinajstić information content (AvgIpc) is 2.93. The highest BCUT2D eigenvalue weighted by atomic mass is 35.5. The normalized spacial score (nSPS) is 12.1. The Hall–Kier alpha value is -3.56. The zero-order valence-corrected chi connectivity index (χ0v) is 24.1. The van der Waals surface area contributed by atoms with E-state index >= 15 is 0 Å². The van der Waals surface area contributed by atoms with E-state index in [-0.39, 0.29) is 34.0 Å². The number of rotatable bonds is 12. The van der Waals surface area contributed by atoms with Gasteiger partial charge < -0.3 is 15.0 Å². The van der Waals surface area contributed by atoms with Gasteiger partial charge in [-0.3, -0.25) is 13.9 Å². The van der Waals surface area contributed by atoms with Crippen molar-refractivity contribution in [3.63, 3.8) is 0 Å². The molecule has 0 saturated heterocycles. The first-order valence-electron chi connectivity index (χ1n) is 12.6. The summed E-state index contributed by atoms with van der Waals surface area (Å²) in [5.74, 6) is -0.272. The molecule has 8 nitrogen and oxygen atoms in total. The van der Waals surface area contributed by atoms with Gasteiger partial charge in [0.25, 0.3) is 10.0 Å². The van der Waals surface area contributed by atoms with E-state index in [1.54, 1.807) is 31.2 Å². The maximum Gasteiger partial charge on any atom is 0.264 e. The van der Waals surface area contributed by atoms with Gasteiger partial charge >= 0.3 is 0 Å². The summed E-state index contributed by atoms with van der Waals surface area (Å²) < 4.78 is 33.8. The monoisotopic (exact) mass is 571 g/mol. The van der Waals surface area contributed by atoms with Crippen molar-refractivity contribution < 1.29 is 22.7 Å². The first-order valence-corrected chi connectivity index (χ1v) is 14.4. The lowest BCUT2D eigenvalue weighted by Crippen LogP contribution is -2.51. The Kier molecular flexibility index (Phi) is 10.4. The molecule has 1 atom stereocenters. The van der Waals surface area contributed by atoms with Crippen molar-refractivity contribution in [1.29, 1.82) is 0 Å². The highest BCUT2D eigenvalue weighted by Crippen LogP contribution is 2.32. The fourth-order valence-electron chi connectivity index (χ4n) is 3.87. The van der Waals surface area contributed by atoms with Crippen molar-refractivity contribution in [2.75, 3.05) is 24.5 Å². The average molecular weight is 572 g/mol. The van der Waals surface area contributed by atoms with Gasteiger partial charge in [-0.05, 0) is 48.7 Å². The Labute approximate surface area is 235 Å². The third-order valence-electron chi connectivity index (χ3n) is 6.08. The van der Waals surface area contributed by atoms with E-state index in [9.17, 15) is 18.0 Å². The van der Waals surface area contributed by atoms with Crippen LogP contribution in [0.1, 0.15) is 26.3 Å². The highest BCUT2D eigenvalue weighted by Gasteiger charge is 2.32. The molecule has 0 radical (unpaired) electrons. The van der Waals surface area contributed by atoms with Crippen molar-refractivity contribution in [3.05, 3.63) is 89.4 Å². The van der Waals surface area contributed by atoms with E-state index in [1.807, 2.05) is 44.2 Å². The van der Waals surface area contributed by atoms with Crippen LogP contribution in [0.15, 0.2) is 83.8 Å².